The van der Waals surface area contributed by atoms with Gasteiger partial charge in [-0.15, -0.1) is 0 Å². The molecule has 3 heteroatoms. The topological polar surface area (TPSA) is 52.5 Å². The maximum atomic E-state index is 9.86. The average molecular weight is 277 g/mol. The first kappa shape index (κ1) is 15.2. The van der Waals surface area contributed by atoms with Crippen molar-refractivity contribution in [2.75, 3.05) is 0 Å². The van der Waals surface area contributed by atoms with Crippen LogP contribution in [0.4, 0.5) is 0 Å². The van der Waals surface area contributed by atoms with E-state index < -0.39 is 0 Å². The van der Waals surface area contributed by atoms with Gasteiger partial charge in [-0.25, -0.2) is 0 Å². The molecule has 2 unspecified atom stereocenters. The van der Waals surface area contributed by atoms with Crippen molar-refractivity contribution >= 4 is 0 Å². The summed E-state index contributed by atoms with van der Waals surface area (Å²) < 4.78 is 0. The molecule has 2 rings (SSSR count). The molecule has 0 aliphatic heterocycles. The van der Waals surface area contributed by atoms with E-state index in [1.807, 2.05) is 6.07 Å². The molecule has 2 atom stereocenters. The van der Waals surface area contributed by atoms with E-state index in [4.69, 9.17) is 0 Å². The van der Waals surface area contributed by atoms with Crippen molar-refractivity contribution in [3.63, 3.8) is 0 Å². The number of hydrogen-bond acceptors (Lipinski definition) is 3. The molecule has 0 aromatic heterocycles. The lowest BCUT2D eigenvalue weighted by Gasteiger charge is -2.41. The summed E-state index contributed by atoms with van der Waals surface area (Å²) >= 11 is 0. The number of phenolic OH excluding ortho intramolecular Hbond substituents is 2. The lowest BCUT2D eigenvalue weighted by Crippen LogP contribution is -2.43. The van der Waals surface area contributed by atoms with Crippen LogP contribution in [0.15, 0.2) is 18.2 Å². The zero-order chi connectivity index (χ0) is 14.8. The van der Waals surface area contributed by atoms with E-state index in [1.165, 1.54) is 31.7 Å². The van der Waals surface area contributed by atoms with Crippen LogP contribution in [0.1, 0.15) is 52.0 Å². The monoisotopic (exact) mass is 277 g/mol. The maximum Gasteiger partial charge on any atom is 0.161 e. The highest BCUT2D eigenvalue weighted by Crippen LogP contribution is 2.38. The molecule has 0 radical (unpaired) electrons. The highest BCUT2D eigenvalue weighted by atomic mass is 16.3. The second-order valence-corrected chi connectivity index (χ2v) is 7.03. The van der Waals surface area contributed by atoms with Gasteiger partial charge in [0.05, 0.1) is 0 Å². The SMILES string of the molecule is CC(C)(C)C1CCCCC1NCc1cccc(O)c1O. The van der Waals surface area contributed by atoms with Crippen molar-refractivity contribution < 1.29 is 10.2 Å². The minimum absolute atomic E-state index is 0.00289. The molecule has 112 valence electrons. The highest BCUT2D eigenvalue weighted by Gasteiger charge is 2.33. The minimum atomic E-state index is -0.0414. The smallest absolute Gasteiger partial charge is 0.161 e. The molecule has 3 nitrogen and oxygen atoms in total. The summed E-state index contributed by atoms with van der Waals surface area (Å²) in [6.45, 7) is 7.54. The molecule has 0 spiro atoms. The Kier molecular flexibility index (Phi) is 4.59. The van der Waals surface area contributed by atoms with Gasteiger partial charge in [-0.3, -0.25) is 0 Å². The Hall–Kier alpha value is -1.22. The Morgan fingerprint density at radius 2 is 1.85 bits per heavy atom. The minimum Gasteiger partial charge on any atom is -0.504 e. The van der Waals surface area contributed by atoms with Gasteiger partial charge in [-0.2, -0.15) is 0 Å². The molecule has 1 fully saturated rings. The van der Waals surface area contributed by atoms with Crippen molar-refractivity contribution in [1.82, 2.24) is 5.32 Å². The molecule has 0 heterocycles. The summed E-state index contributed by atoms with van der Waals surface area (Å²) in [5.74, 6) is 0.624. The van der Waals surface area contributed by atoms with Gasteiger partial charge in [0.25, 0.3) is 0 Å². The molecule has 1 aromatic rings. The summed E-state index contributed by atoms with van der Waals surface area (Å²) in [6, 6.07) is 5.63. The van der Waals surface area contributed by atoms with Gasteiger partial charge in [0.2, 0.25) is 0 Å². The molecule has 1 saturated carbocycles. The molecule has 20 heavy (non-hydrogen) atoms. The highest BCUT2D eigenvalue weighted by molar-refractivity contribution is 5.44. The number of nitrogens with one attached hydrogen (secondary N) is 1. The molecule has 0 bridgehead atoms. The number of benzene rings is 1. The number of aromatic hydroxyl groups is 2. The van der Waals surface area contributed by atoms with E-state index >= 15 is 0 Å². The van der Waals surface area contributed by atoms with Gasteiger partial charge in [0, 0.05) is 18.2 Å². The predicted octanol–water partition coefficient (Wildman–Crippen LogP) is 3.79. The fraction of sp³-hybridized carbons (Fsp3) is 0.647. The molecule has 0 amide bonds. The number of hydrogen-bond donors (Lipinski definition) is 3. The Morgan fingerprint density at radius 3 is 2.55 bits per heavy atom. The van der Waals surface area contributed by atoms with Crippen molar-refractivity contribution in [1.29, 1.82) is 0 Å². The van der Waals surface area contributed by atoms with E-state index in [1.54, 1.807) is 6.07 Å². The maximum absolute atomic E-state index is 9.86. The first-order valence-electron chi connectivity index (χ1n) is 7.63. The van der Waals surface area contributed by atoms with Crippen LogP contribution in [0.25, 0.3) is 0 Å². The quantitative estimate of drug-likeness (QED) is 0.737. The van der Waals surface area contributed by atoms with E-state index in [-0.39, 0.29) is 11.5 Å². The van der Waals surface area contributed by atoms with Crippen LogP contribution in [-0.4, -0.2) is 16.3 Å². The van der Waals surface area contributed by atoms with Gasteiger partial charge < -0.3 is 15.5 Å². The zero-order valence-corrected chi connectivity index (χ0v) is 12.8. The summed E-state index contributed by atoms with van der Waals surface area (Å²) in [5.41, 5.74) is 1.07. The first-order chi connectivity index (χ1) is 9.39. The van der Waals surface area contributed by atoms with Gasteiger partial charge in [-0.1, -0.05) is 45.7 Å². The predicted molar refractivity (Wildman–Crippen MR) is 81.8 cm³/mol. The molecule has 1 aromatic carbocycles. The lowest BCUT2D eigenvalue weighted by molar-refractivity contribution is 0.130. The number of rotatable bonds is 3. The normalized spacial score (nSPS) is 23.8. The fourth-order valence-electron chi connectivity index (χ4n) is 3.37. The van der Waals surface area contributed by atoms with Crippen LogP contribution in [0, 0.1) is 11.3 Å². The summed E-state index contributed by atoms with van der Waals surface area (Å²) in [5, 5.41) is 23.0. The molecular formula is C17H27NO2. The summed E-state index contributed by atoms with van der Waals surface area (Å²) in [6.07, 6.45) is 5.06. The van der Waals surface area contributed by atoms with E-state index in [0.717, 1.165) is 5.56 Å². The summed E-state index contributed by atoms with van der Waals surface area (Å²) in [4.78, 5) is 0. The van der Waals surface area contributed by atoms with Crippen LogP contribution in [-0.2, 0) is 6.54 Å². The van der Waals surface area contributed by atoms with Gasteiger partial charge in [0.15, 0.2) is 11.5 Å². The third kappa shape index (κ3) is 3.45. The molecule has 3 N–H and O–H groups in total. The average Bonchev–Trinajstić information content (AvgIpc) is 2.40. The van der Waals surface area contributed by atoms with Crippen molar-refractivity contribution in [3.05, 3.63) is 23.8 Å². The second-order valence-electron chi connectivity index (χ2n) is 7.03. The van der Waals surface area contributed by atoms with Crippen LogP contribution in [0.3, 0.4) is 0 Å². The third-order valence-electron chi connectivity index (χ3n) is 4.53. The van der Waals surface area contributed by atoms with Gasteiger partial charge in [0.1, 0.15) is 0 Å². The third-order valence-corrected chi connectivity index (χ3v) is 4.53. The van der Waals surface area contributed by atoms with Gasteiger partial charge in [-0.05, 0) is 30.2 Å². The molecule has 1 aliphatic carbocycles. The number of para-hydroxylation sites is 1. The first-order valence-corrected chi connectivity index (χ1v) is 7.63. The Bertz CT molecular complexity index is 451. The second kappa shape index (κ2) is 6.04. The number of phenols is 2. The van der Waals surface area contributed by atoms with Crippen LogP contribution < -0.4 is 5.32 Å². The van der Waals surface area contributed by atoms with Crippen LogP contribution in [0.2, 0.25) is 0 Å². The Morgan fingerprint density at radius 1 is 1.15 bits per heavy atom. The van der Waals surface area contributed by atoms with Gasteiger partial charge >= 0.3 is 0 Å². The standard InChI is InChI=1S/C17H27NO2/c1-17(2,3)13-8-4-5-9-14(13)18-11-12-7-6-10-15(19)16(12)20/h6-7,10,13-14,18-20H,4-5,8-9,11H2,1-3H3. The van der Waals surface area contributed by atoms with Crippen molar-refractivity contribution in [3.8, 4) is 11.5 Å². The van der Waals surface area contributed by atoms with Crippen LogP contribution >= 0.6 is 0 Å². The van der Waals surface area contributed by atoms with Crippen molar-refractivity contribution in [2.24, 2.45) is 11.3 Å². The van der Waals surface area contributed by atoms with Crippen molar-refractivity contribution in [2.45, 2.75) is 59.0 Å². The largest absolute Gasteiger partial charge is 0.504 e. The Balaban J connectivity index is 2.03. The zero-order valence-electron chi connectivity index (χ0n) is 12.8. The Labute approximate surface area is 122 Å². The van der Waals surface area contributed by atoms with E-state index in [0.29, 0.717) is 23.9 Å². The summed E-state index contributed by atoms with van der Waals surface area (Å²) in [7, 11) is 0. The lowest BCUT2D eigenvalue weighted by atomic mass is 9.69. The molecule has 0 saturated heterocycles. The van der Waals surface area contributed by atoms with E-state index in [9.17, 15) is 10.2 Å². The van der Waals surface area contributed by atoms with Crippen LogP contribution in [0.5, 0.6) is 11.5 Å². The molecule has 1 aliphatic rings. The molecular weight excluding hydrogens is 250 g/mol. The van der Waals surface area contributed by atoms with E-state index in [2.05, 4.69) is 26.1 Å². The fourth-order valence-corrected chi connectivity index (χ4v) is 3.37.